The maximum Gasteiger partial charge on any atom is 0.123 e. The fourth-order valence-corrected chi connectivity index (χ4v) is 1.92. The quantitative estimate of drug-likeness (QED) is 0.782. The molecular weight excluding hydrogens is 238 g/mol. The van der Waals surface area contributed by atoms with Crippen molar-refractivity contribution < 1.29 is 9.84 Å². The lowest BCUT2D eigenvalue weighted by Gasteiger charge is -2.08. The highest BCUT2D eigenvalue weighted by Gasteiger charge is 2.02. The number of rotatable bonds is 6. The van der Waals surface area contributed by atoms with E-state index in [-0.39, 0.29) is 5.75 Å². The lowest BCUT2D eigenvalue weighted by molar-refractivity contribution is 0.406. The van der Waals surface area contributed by atoms with Crippen molar-refractivity contribution in [2.24, 2.45) is 0 Å². The van der Waals surface area contributed by atoms with Gasteiger partial charge in [-0.15, -0.1) is 0 Å². The van der Waals surface area contributed by atoms with Gasteiger partial charge in [0.05, 0.1) is 7.11 Å². The molecule has 0 aliphatic heterocycles. The highest BCUT2D eigenvalue weighted by molar-refractivity contribution is 5.39. The van der Waals surface area contributed by atoms with E-state index in [1.807, 2.05) is 30.3 Å². The molecule has 3 nitrogen and oxygen atoms in total. The predicted molar refractivity (Wildman–Crippen MR) is 76.5 cm³/mol. The van der Waals surface area contributed by atoms with E-state index >= 15 is 0 Å². The maximum atomic E-state index is 9.82. The van der Waals surface area contributed by atoms with Crippen molar-refractivity contribution in [3.05, 3.63) is 59.7 Å². The molecule has 0 amide bonds. The first-order valence-corrected chi connectivity index (χ1v) is 6.40. The predicted octanol–water partition coefficient (Wildman–Crippen LogP) is 2.73. The Balaban J connectivity index is 1.80. The molecule has 3 heteroatoms. The Bertz CT molecular complexity index is 511. The molecule has 2 aromatic rings. The first-order chi connectivity index (χ1) is 9.29. The Kier molecular flexibility index (Phi) is 4.81. The van der Waals surface area contributed by atoms with Gasteiger partial charge in [-0.25, -0.2) is 0 Å². The topological polar surface area (TPSA) is 41.5 Å². The van der Waals surface area contributed by atoms with Crippen molar-refractivity contribution in [2.75, 3.05) is 13.7 Å². The summed E-state index contributed by atoms with van der Waals surface area (Å²) in [7, 11) is 1.59. The number of nitrogens with one attached hydrogen (secondary N) is 1. The molecule has 0 aromatic heterocycles. The summed E-state index contributed by atoms with van der Waals surface area (Å²) in [6, 6.07) is 15.7. The molecule has 2 aromatic carbocycles. The third-order valence-electron chi connectivity index (χ3n) is 3.04. The van der Waals surface area contributed by atoms with Crippen LogP contribution in [0.3, 0.4) is 0 Å². The molecule has 0 aliphatic rings. The summed E-state index contributed by atoms with van der Waals surface area (Å²) in [6.07, 6.45) is 0.984. The number of hydrogen-bond acceptors (Lipinski definition) is 3. The minimum atomic E-state index is 0.270. The van der Waals surface area contributed by atoms with Crippen LogP contribution >= 0.6 is 0 Å². The zero-order valence-electron chi connectivity index (χ0n) is 11.1. The molecule has 0 saturated carbocycles. The summed E-state index contributed by atoms with van der Waals surface area (Å²) in [4.78, 5) is 0. The van der Waals surface area contributed by atoms with Crippen molar-refractivity contribution in [1.29, 1.82) is 0 Å². The first-order valence-electron chi connectivity index (χ1n) is 6.40. The van der Waals surface area contributed by atoms with Gasteiger partial charge in [0.15, 0.2) is 0 Å². The van der Waals surface area contributed by atoms with Crippen LogP contribution in [-0.2, 0) is 13.0 Å². The molecule has 0 spiro atoms. The van der Waals surface area contributed by atoms with Crippen LogP contribution in [0, 0.1) is 0 Å². The van der Waals surface area contributed by atoms with Gasteiger partial charge in [-0.1, -0.05) is 36.4 Å². The SMILES string of the molecule is COc1ccc(CNCCc2ccccc2)c(O)c1. The van der Waals surface area contributed by atoms with Gasteiger partial charge in [0.25, 0.3) is 0 Å². The Morgan fingerprint density at radius 3 is 2.58 bits per heavy atom. The second-order valence-corrected chi connectivity index (χ2v) is 4.41. The van der Waals surface area contributed by atoms with Gasteiger partial charge >= 0.3 is 0 Å². The molecular formula is C16H19NO2. The summed E-state index contributed by atoms with van der Waals surface area (Å²) >= 11 is 0. The molecule has 0 heterocycles. The van der Waals surface area contributed by atoms with Gasteiger partial charge < -0.3 is 15.2 Å². The van der Waals surface area contributed by atoms with Crippen LogP contribution < -0.4 is 10.1 Å². The summed E-state index contributed by atoms with van der Waals surface area (Å²) in [5.74, 6) is 0.942. The number of aromatic hydroxyl groups is 1. The summed E-state index contributed by atoms with van der Waals surface area (Å²) in [5, 5.41) is 13.1. The summed E-state index contributed by atoms with van der Waals surface area (Å²) in [6.45, 7) is 1.54. The average Bonchev–Trinajstić information content (AvgIpc) is 2.46. The van der Waals surface area contributed by atoms with E-state index in [1.54, 1.807) is 13.2 Å². The molecule has 19 heavy (non-hydrogen) atoms. The Hall–Kier alpha value is -2.00. The molecule has 0 bridgehead atoms. The minimum absolute atomic E-state index is 0.270. The van der Waals surface area contributed by atoms with E-state index < -0.39 is 0 Å². The first kappa shape index (κ1) is 13.4. The second-order valence-electron chi connectivity index (χ2n) is 4.41. The normalized spacial score (nSPS) is 10.4. The van der Waals surface area contributed by atoms with Crippen LogP contribution in [0.5, 0.6) is 11.5 Å². The highest BCUT2D eigenvalue weighted by atomic mass is 16.5. The van der Waals surface area contributed by atoms with Crippen molar-refractivity contribution in [2.45, 2.75) is 13.0 Å². The summed E-state index contributed by atoms with van der Waals surface area (Å²) in [5.41, 5.74) is 2.20. The van der Waals surface area contributed by atoms with Crippen molar-refractivity contribution in [3.8, 4) is 11.5 Å². The van der Waals surface area contributed by atoms with Gasteiger partial charge in [0.1, 0.15) is 11.5 Å². The lowest BCUT2D eigenvalue weighted by Crippen LogP contribution is -2.16. The third-order valence-corrected chi connectivity index (χ3v) is 3.04. The van der Waals surface area contributed by atoms with E-state index in [2.05, 4.69) is 17.4 Å². The fraction of sp³-hybridized carbons (Fsp3) is 0.250. The molecule has 0 unspecified atom stereocenters. The standard InChI is InChI=1S/C16H19NO2/c1-19-15-8-7-14(16(18)11-15)12-17-10-9-13-5-3-2-4-6-13/h2-8,11,17-18H,9-10,12H2,1H3. The number of phenols is 1. The van der Waals surface area contributed by atoms with Gasteiger partial charge in [-0.2, -0.15) is 0 Å². The molecule has 100 valence electrons. The Labute approximate surface area is 113 Å². The van der Waals surface area contributed by atoms with Gasteiger partial charge in [-0.3, -0.25) is 0 Å². The minimum Gasteiger partial charge on any atom is -0.507 e. The second kappa shape index (κ2) is 6.81. The molecule has 0 radical (unpaired) electrons. The fourth-order valence-electron chi connectivity index (χ4n) is 1.92. The Morgan fingerprint density at radius 1 is 1.11 bits per heavy atom. The Morgan fingerprint density at radius 2 is 1.89 bits per heavy atom. The molecule has 0 fully saturated rings. The molecule has 2 rings (SSSR count). The third kappa shape index (κ3) is 4.00. The number of benzene rings is 2. The monoisotopic (exact) mass is 257 g/mol. The van der Waals surface area contributed by atoms with Crippen molar-refractivity contribution >= 4 is 0 Å². The zero-order valence-corrected chi connectivity index (χ0v) is 11.1. The van der Waals surface area contributed by atoms with Gasteiger partial charge in [0, 0.05) is 18.2 Å². The lowest BCUT2D eigenvalue weighted by atomic mass is 10.1. The van der Waals surface area contributed by atoms with Gasteiger partial charge in [-0.05, 0) is 24.6 Å². The number of methoxy groups -OCH3 is 1. The van der Waals surface area contributed by atoms with Gasteiger partial charge in [0.2, 0.25) is 0 Å². The van der Waals surface area contributed by atoms with E-state index in [1.165, 1.54) is 5.56 Å². The zero-order chi connectivity index (χ0) is 13.5. The largest absolute Gasteiger partial charge is 0.507 e. The molecule has 0 aliphatic carbocycles. The van der Waals surface area contributed by atoms with Crippen molar-refractivity contribution in [1.82, 2.24) is 5.32 Å². The number of hydrogen-bond donors (Lipinski definition) is 2. The van der Waals surface area contributed by atoms with Crippen molar-refractivity contribution in [3.63, 3.8) is 0 Å². The molecule has 0 saturated heterocycles. The summed E-state index contributed by atoms with van der Waals surface area (Å²) < 4.78 is 5.05. The average molecular weight is 257 g/mol. The van der Waals surface area contributed by atoms with Crippen LogP contribution in [0.1, 0.15) is 11.1 Å². The highest BCUT2D eigenvalue weighted by Crippen LogP contribution is 2.22. The van der Waals surface area contributed by atoms with Crippen LogP contribution in [0.4, 0.5) is 0 Å². The smallest absolute Gasteiger partial charge is 0.123 e. The van der Waals surface area contributed by atoms with Crippen LogP contribution in [-0.4, -0.2) is 18.8 Å². The molecule has 0 atom stereocenters. The molecule has 2 N–H and O–H groups in total. The maximum absolute atomic E-state index is 9.82. The van der Waals surface area contributed by atoms with Crippen LogP contribution in [0.25, 0.3) is 0 Å². The number of phenolic OH excluding ortho intramolecular Hbond substituents is 1. The van der Waals surface area contributed by atoms with E-state index in [0.717, 1.165) is 18.5 Å². The van der Waals surface area contributed by atoms with E-state index in [9.17, 15) is 5.11 Å². The van der Waals surface area contributed by atoms with Crippen LogP contribution in [0.15, 0.2) is 48.5 Å². The number of ether oxygens (including phenoxy) is 1. The van der Waals surface area contributed by atoms with E-state index in [4.69, 9.17) is 4.74 Å². The van der Waals surface area contributed by atoms with E-state index in [0.29, 0.717) is 12.3 Å². The van der Waals surface area contributed by atoms with Crippen LogP contribution in [0.2, 0.25) is 0 Å².